The minimum Gasteiger partial charge on any atom is -0.467 e. The van der Waals surface area contributed by atoms with E-state index in [2.05, 4.69) is 21.2 Å². The average molecular weight is 304 g/mol. The Balaban J connectivity index is 3.31. The van der Waals surface area contributed by atoms with E-state index in [9.17, 15) is 9.18 Å². The molecule has 1 atom stereocenters. The number of halogens is 2. The molecule has 1 N–H and O–H groups in total. The van der Waals surface area contributed by atoms with E-state index in [-0.39, 0.29) is 5.56 Å². The third-order valence-corrected chi connectivity index (χ3v) is 3.08. The van der Waals surface area contributed by atoms with Crippen molar-refractivity contribution in [3.05, 3.63) is 34.1 Å². The van der Waals surface area contributed by atoms with Gasteiger partial charge in [0.15, 0.2) is 0 Å². The number of rotatable bonds is 4. The van der Waals surface area contributed by atoms with E-state index in [1.165, 1.54) is 13.2 Å². The topological polar surface area (TPSA) is 38.3 Å². The quantitative estimate of drug-likeness (QED) is 0.869. The Morgan fingerprint density at radius 1 is 1.59 bits per heavy atom. The summed E-state index contributed by atoms with van der Waals surface area (Å²) in [5, 5.41) is 2.96. The Morgan fingerprint density at radius 3 is 2.76 bits per heavy atom. The number of carbonyl (C=O) groups is 1. The summed E-state index contributed by atoms with van der Waals surface area (Å²) in [4.78, 5) is 11.8. The maximum Gasteiger partial charge on any atom is 0.330 e. The molecule has 0 fully saturated rings. The highest BCUT2D eigenvalue weighted by Gasteiger charge is 2.37. The fraction of sp³-hybridized carbons (Fsp3) is 0.417. The van der Waals surface area contributed by atoms with Crippen molar-refractivity contribution in [2.75, 3.05) is 13.7 Å². The molecule has 17 heavy (non-hydrogen) atoms. The molecule has 0 saturated carbocycles. The summed E-state index contributed by atoms with van der Waals surface area (Å²) in [5.74, 6) is -0.960. The number of hydrogen-bond donors (Lipinski definition) is 1. The molecule has 1 aromatic carbocycles. The van der Waals surface area contributed by atoms with Gasteiger partial charge in [-0.2, -0.15) is 0 Å². The molecule has 0 aliphatic rings. The van der Waals surface area contributed by atoms with Crippen LogP contribution in [0.5, 0.6) is 0 Å². The summed E-state index contributed by atoms with van der Waals surface area (Å²) in [6, 6.07) is 4.48. The third-order valence-electron chi connectivity index (χ3n) is 2.59. The predicted octanol–water partition coefficient (Wildman–Crippen LogP) is 2.59. The van der Waals surface area contributed by atoms with Crippen molar-refractivity contribution in [2.24, 2.45) is 0 Å². The lowest BCUT2D eigenvalue weighted by Crippen LogP contribution is -2.47. The molecule has 1 aromatic rings. The average Bonchev–Trinajstić information content (AvgIpc) is 2.31. The van der Waals surface area contributed by atoms with E-state index < -0.39 is 17.3 Å². The predicted molar refractivity (Wildman–Crippen MR) is 67.1 cm³/mol. The second-order valence-corrected chi connectivity index (χ2v) is 4.69. The first-order valence-electron chi connectivity index (χ1n) is 5.24. The van der Waals surface area contributed by atoms with Crippen LogP contribution in [0.4, 0.5) is 4.39 Å². The van der Waals surface area contributed by atoms with Crippen LogP contribution >= 0.6 is 15.9 Å². The van der Waals surface area contributed by atoms with E-state index >= 15 is 0 Å². The Hall–Kier alpha value is -0.940. The largest absolute Gasteiger partial charge is 0.467 e. The SMILES string of the molecule is CCNC(C)(C(=O)OC)c1cc(Br)ccc1F. The van der Waals surface area contributed by atoms with Gasteiger partial charge in [0.2, 0.25) is 0 Å². The van der Waals surface area contributed by atoms with Gasteiger partial charge in [-0.05, 0) is 31.7 Å². The first-order valence-corrected chi connectivity index (χ1v) is 6.04. The highest BCUT2D eigenvalue weighted by molar-refractivity contribution is 9.10. The Morgan fingerprint density at radius 2 is 2.24 bits per heavy atom. The van der Waals surface area contributed by atoms with Gasteiger partial charge in [-0.1, -0.05) is 22.9 Å². The molecule has 0 aliphatic heterocycles. The van der Waals surface area contributed by atoms with Gasteiger partial charge in [0, 0.05) is 10.0 Å². The van der Waals surface area contributed by atoms with Gasteiger partial charge in [-0.25, -0.2) is 9.18 Å². The van der Waals surface area contributed by atoms with Crippen LogP contribution in [0.15, 0.2) is 22.7 Å². The fourth-order valence-corrected chi connectivity index (χ4v) is 2.08. The zero-order chi connectivity index (χ0) is 13.1. The van der Waals surface area contributed by atoms with Gasteiger partial charge in [-0.15, -0.1) is 0 Å². The summed E-state index contributed by atoms with van der Waals surface area (Å²) in [6.45, 7) is 3.97. The maximum absolute atomic E-state index is 13.8. The van der Waals surface area contributed by atoms with Crippen molar-refractivity contribution >= 4 is 21.9 Å². The lowest BCUT2D eigenvalue weighted by molar-refractivity contribution is -0.148. The van der Waals surface area contributed by atoms with Crippen LogP contribution < -0.4 is 5.32 Å². The van der Waals surface area contributed by atoms with Gasteiger partial charge in [0.25, 0.3) is 0 Å². The van der Waals surface area contributed by atoms with Gasteiger partial charge >= 0.3 is 5.97 Å². The minimum atomic E-state index is -1.18. The van der Waals surface area contributed by atoms with Crippen LogP contribution in [0.2, 0.25) is 0 Å². The smallest absolute Gasteiger partial charge is 0.330 e. The summed E-state index contributed by atoms with van der Waals surface area (Å²) in [6.07, 6.45) is 0. The highest BCUT2D eigenvalue weighted by Crippen LogP contribution is 2.27. The number of carbonyl (C=O) groups excluding carboxylic acids is 1. The lowest BCUT2D eigenvalue weighted by atomic mass is 9.91. The molecular formula is C12H15BrFNO2. The summed E-state index contributed by atoms with van der Waals surface area (Å²) >= 11 is 3.26. The van der Waals surface area contributed by atoms with Crippen LogP contribution in [0.25, 0.3) is 0 Å². The molecule has 0 bridgehead atoms. The molecule has 0 heterocycles. The van der Waals surface area contributed by atoms with Crippen molar-refractivity contribution in [1.29, 1.82) is 0 Å². The van der Waals surface area contributed by atoms with Crippen molar-refractivity contribution in [1.82, 2.24) is 5.32 Å². The second-order valence-electron chi connectivity index (χ2n) is 3.77. The molecule has 0 aromatic heterocycles. The summed E-state index contributed by atoms with van der Waals surface area (Å²) in [5.41, 5.74) is -0.919. The van der Waals surface area contributed by atoms with Gasteiger partial charge in [-0.3, -0.25) is 5.32 Å². The Labute approximate surface area is 108 Å². The highest BCUT2D eigenvalue weighted by atomic mass is 79.9. The minimum absolute atomic E-state index is 0.264. The van der Waals surface area contributed by atoms with Gasteiger partial charge in [0.05, 0.1) is 7.11 Å². The molecule has 3 nitrogen and oxygen atoms in total. The van der Waals surface area contributed by atoms with Crippen LogP contribution in [-0.4, -0.2) is 19.6 Å². The van der Waals surface area contributed by atoms with Gasteiger partial charge < -0.3 is 4.74 Å². The van der Waals surface area contributed by atoms with E-state index in [4.69, 9.17) is 4.74 Å². The number of esters is 1. The molecule has 0 radical (unpaired) electrons. The van der Waals surface area contributed by atoms with Crippen molar-refractivity contribution in [3.63, 3.8) is 0 Å². The molecule has 5 heteroatoms. The molecule has 0 saturated heterocycles. The molecule has 0 amide bonds. The summed E-state index contributed by atoms with van der Waals surface area (Å²) in [7, 11) is 1.29. The Bertz CT molecular complexity index is 425. The third kappa shape index (κ3) is 2.84. The molecule has 94 valence electrons. The van der Waals surface area contributed by atoms with E-state index in [0.717, 1.165) is 0 Å². The molecular weight excluding hydrogens is 289 g/mol. The maximum atomic E-state index is 13.8. The van der Waals surface area contributed by atoms with Crippen LogP contribution in [0, 0.1) is 5.82 Å². The second kappa shape index (κ2) is 5.60. The molecule has 1 unspecified atom stereocenters. The number of nitrogens with one attached hydrogen (secondary N) is 1. The number of hydrogen-bond acceptors (Lipinski definition) is 3. The normalized spacial score (nSPS) is 14.2. The van der Waals surface area contributed by atoms with Crippen LogP contribution in [0.1, 0.15) is 19.4 Å². The lowest BCUT2D eigenvalue weighted by Gasteiger charge is -2.28. The zero-order valence-corrected chi connectivity index (χ0v) is 11.6. The monoisotopic (exact) mass is 303 g/mol. The number of ether oxygens (including phenoxy) is 1. The number of benzene rings is 1. The van der Waals surface area contributed by atoms with E-state index in [1.54, 1.807) is 19.1 Å². The number of methoxy groups -OCH3 is 1. The standard InChI is InChI=1S/C12H15BrFNO2/c1-4-15-12(2,11(16)17-3)9-7-8(13)5-6-10(9)14/h5-7,15H,4H2,1-3H3. The molecule has 0 spiro atoms. The van der Waals surface area contributed by atoms with Gasteiger partial charge in [0.1, 0.15) is 11.4 Å². The van der Waals surface area contributed by atoms with Crippen molar-refractivity contribution < 1.29 is 13.9 Å². The Kier molecular flexibility index (Phi) is 4.65. The van der Waals surface area contributed by atoms with E-state index in [1.807, 2.05) is 6.92 Å². The first kappa shape index (κ1) is 14.1. The van der Waals surface area contributed by atoms with Crippen molar-refractivity contribution in [3.8, 4) is 0 Å². The summed E-state index contributed by atoms with van der Waals surface area (Å²) < 4.78 is 19.3. The first-order chi connectivity index (χ1) is 7.95. The molecule has 0 aliphatic carbocycles. The van der Waals surface area contributed by atoms with Crippen molar-refractivity contribution in [2.45, 2.75) is 19.4 Å². The zero-order valence-electron chi connectivity index (χ0n) is 10.0. The fourth-order valence-electron chi connectivity index (χ4n) is 1.72. The molecule has 1 rings (SSSR count). The van der Waals surface area contributed by atoms with Crippen LogP contribution in [-0.2, 0) is 15.1 Å². The van der Waals surface area contributed by atoms with E-state index in [0.29, 0.717) is 11.0 Å². The van der Waals surface area contributed by atoms with Crippen LogP contribution in [0.3, 0.4) is 0 Å². The number of likely N-dealkylation sites (N-methyl/N-ethyl adjacent to an activating group) is 1.